The molecule has 0 fully saturated rings. The molecule has 0 heterocycles. The molecule has 0 saturated carbocycles. The number of hydrogen-bond donors (Lipinski definition) is 2. The van der Waals surface area contributed by atoms with Crippen molar-refractivity contribution in [2.24, 2.45) is 0 Å². The highest BCUT2D eigenvalue weighted by molar-refractivity contribution is 5.75. The maximum atomic E-state index is 13.0. The van der Waals surface area contributed by atoms with Crippen LogP contribution in [0, 0.1) is 12.7 Å². The molecule has 110 valence electrons. The molecule has 2 aromatic carbocycles. The molecule has 0 aromatic heterocycles. The van der Waals surface area contributed by atoms with E-state index in [0.29, 0.717) is 13.0 Å². The van der Waals surface area contributed by atoms with Gasteiger partial charge in [-0.15, -0.1) is 0 Å². The normalized spacial score (nSPS) is 12.1. The molecule has 1 atom stereocenters. The average Bonchev–Trinajstić information content (AvgIpc) is 2.46. The van der Waals surface area contributed by atoms with Crippen LogP contribution >= 0.6 is 0 Å². The van der Waals surface area contributed by atoms with E-state index in [2.05, 4.69) is 5.32 Å². The number of aryl methyl sites for hydroxylation is 1. The van der Waals surface area contributed by atoms with Crippen LogP contribution in [-0.4, -0.2) is 17.6 Å². The van der Waals surface area contributed by atoms with Crippen molar-refractivity contribution >= 4 is 5.97 Å². The number of hydrogen-bond acceptors (Lipinski definition) is 2. The first-order valence-electron chi connectivity index (χ1n) is 6.84. The third-order valence-corrected chi connectivity index (χ3v) is 3.43. The first kappa shape index (κ1) is 15.2. The molecule has 21 heavy (non-hydrogen) atoms. The van der Waals surface area contributed by atoms with Crippen molar-refractivity contribution in [3.63, 3.8) is 0 Å². The lowest BCUT2D eigenvalue weighted by Gasteiger charge is -2.15. The van der Waals surface area contributed by atoms with Crippen LogP contribution in [0.3, 0.4) is 0 Å². The maximum Gasteiger partial charge on any atom is 0.325 e. The summed E-state index contributed by atoms with van der Waals surface area (Å²) in [5.41, 5.74) is 2.62. The van der Waals surface area contributed by atoms with Gasteiger partial charge < -0.3 is 10.4 Å². The largest absolute Gasteiger partial charge is 0.480 e. The van der Waals surface area contributed by atoms with Crippen LogP contribution in [0.25, 0.3) is 0 Å². The van der Waals surface area contributed by atoms with Gasteiger partial charge in [0.25, 0.3) is 0 Å². The van der Waals surface area contributed by atoms with E-state index < -0.39 is 12.0 Å². The van der Waals surface area contributed by atoms with Crippen LogP contribution in [0.15, 0.2) is 48.5 Å². The molecule has 0 saturated heterocycles. The van der Waals surface area contributed by atoms with Gasteiger partial charge in [0.05, 0.1) is 0 Å². The summed E-state index contributed by atoms with van der Waals surface area (Å²) in [4.78, 5) is 11.3. The molecular weight excluding hydrogens is 269 g/mol. The number of carboxylic acid groups (broad SMARTS) is 1. The molecule has 2 N–H and O–H groups in total. The molecule has 0 aliphatic rings. The predicted octanol–water partition coefficient (Wildman–Crippen LogP) is 3.09. The summed E-state index contributed by atoms with van der Waals surface area (Å²) in [6, 6.07) is 13.0. The Kier molecular flexibility index (Phi) is 5.06. The van der Waals surface area contributed by atoms with Gasteiger partial charge in [-0.1, -0.05) is 36.4 Å². The summed E-state index contributed by atoms with van der Waals surface area (Å²) in [5, 5.41) is 12.3. The Morgan fingerprint density at radius 1 is 1.24 bits per heavy atom. The van der Waals surface area contributed by atoms with Crippen molar-refractivity contribution in [1.29, 1.82) is 0 Å². The van der Waals surface area contributed by atoms with E-state index in [1.807, 2.05) is 25.1 Å². The zero-order chi connectivity index (χ0) is 15.2. The Balaban J connectivity index is 1.98. The molecule has 2 aromatic rings. The lowest BCUT2D eigenvalue weighted by molar-refractivity contribution is -0.139. The number of rotatable bonds is 6. The van der Waals surface area contributed by atoms with Crippen LogP contribution < -0.4 is 5.32 Å². The van der Waals surface area contributed by atoms with Gasteiger partial charge in [0.15, 0.2) is 0 Å². The Bertz CT molecular complexity index is 613. The quantitative estimate of drug-likeness (QED) is 0.858. The second kappa shape index (κ2) is 6.99. The van der Waals surface area contributed by atoms with Crippen molar-refractivity contribution in [1.82, 2.24) is 5.32 Å². The summed E-state index contributed by atoms with van der Waals surface area (Å²) in [7, 11) is 0. The molecule has 2 rings (SSSR count). The lowest BCUT2D eigenvalue weighted by atomic mass is 10.0. The minimum Gasteiger partial charge on any atom is -0.480 e. The van der Waals surface area contributed by atoms with E-state index in [-0.39, 0.29) is 5.82 Å². The summed E-state index contributed by atoms with van der Waals surface area (Å²) >= 11 is 0. The van der Waals surface area contributed by atoms with Crippen LogP contribution in [0.2, 0.25) is 0 Å². The van der Waals surface area contributed by atoms with Gasteiger partial charge in [-0.3, -0.25) is 4.79 Å². The highest BCUT2D eigenvalue weighted by atomic mass is 19.1. The van der Waals surface area contributed by atoms with E-state index >= 15 is 0 Å². The van der Waals surface area contributed by atoms with Gasteiger partial charge in [0, 0.05) is 6.54 Å². The van der Waals surface area contributed by atoms with Gasteiger partial charge in [0.2, 0.25) is 0 Å². The topological polar surface area (TPSA) is 49.3 Å². The van der Waals surface area contributed by atoms with Gasteiger partial charge in [-0.2, -0.15) is 0 Å². The maximum absolute atomic E-state index is 13.0. The van der Waals surface area contributed by atoms with Crippen molar-refractivity contribution in [2.45, 2.75) is 19.4 Å². The highest BCUT2D eigenvalue weighted by Crippen LogP contribution is 2.14. The minimum atomic E-state index is -0.906. The summed E-state index contributed by atoms with van der Waals surface area (Å²) in [6.45, 7) is 2.36. The molecule has 0 spiro atoms. The van der Waals surface area contributed by atoms with Gasteiger partial charge in [-0.25, -0.2) is 4.39 Å². The molecule has 3 nitrogen and oxygen atoms in total. The Hall–Kier alpha value is -2.20. The fourth-order valence-electron chi connectivity index (χ4n) is 2.28. The van der Waals surface area contributed by atoms with Crippen LogP contribution in [-0.2, 0) is 11.2 Å². The Morgan fingerprint density at radius 3 is 2.57 bits per heavy atom. The predicted molar refractivity (Wildman–Crippen MR) is 79.7 cm³/mol. The fourth-order valence-corrected chi connectivity index (χ4v) is 2.28. The Morgan fingerprint density at radius 2 is 1.95 bits per heavy atom. The second-order valence-corrected chi connectivity index (χ2v) is 4.96. The monoisotopic (exact) mass is 287 g/mol. The highest BCUT2D eigenvalue weighted by Gasteiger charge is 2.18. The molecule has 0 amide bonds. The third kappa shape index (κ3) is 4.13. The third-order valence-electron chi connectivity index (χ3n) is 3.43. The molecule has 1 unspecified atom stereocenters. The second-order valence-electron chi connectivity index (χ2n) is 4.96. The Labute approximate surface area is 123 Å². The number of halogens is 1. The molecule has 0 aliphatic heterocycles. The summed E-state index contributed by atoms with van der Waals surface area (Å²) in [5.74, 6) is -1.16. The summed E-state index contributed by atoms with van der Waals surface area (Å²) < 4.78 is 13.0. The van der Waals surface area contributed by atoms with Gasteiger partial charge >= 0.3 is 5.97 Å². The fraction of sp³-hybridized carbons (Fsp3) is 0.235. The van der Waals surface area contributed by atoms with E-state index in [0.717, 1.165) is 16.7 Å². The number of aliphatic carboxylic acids is 1. The average molecular weight is 287 g/mol. The van der Waals surface area contributed by atoms with Crippen molar-refractivity contribution in [2.75, 3.05) is 6.54 Å². The molecule has 0 aliphatic carbocycles. The van der Waals surface area contributed by atoms with E-state index in [9.17, 15) is 14.3 Å². The van der Waals surface area contributed by atoms with Gasteiger partial charge in [-0.05, 0) is 42.2 Å². The smallest absolute Gasteiger partial charge is 0.325 e. The number of nitrogens with one attached hydrogen (secondary N) is 1. The molecule has 0 bridgehead atoms. The van der Waals surface area contributed by atoms with E-state index in [4.69, 9.17) is 0 Å². The van der Waals surface area contributed by atoms with Crippen molar-refractivity contribution < 1.29 is 14.3 Å². The minimum absolute atomic E-state index is 0.253. The number of carbonyl (C=O) groups is 1. The van der Waals surface area contributed by atoms with Crippen molar-refractivity contribution in [3.05, 3.63) is 71.0 Å². The van der Waals surface area contributed by atoms with Gasteiger partial charge in [0.1, 0.15) is 11.9 Å². The van der Waals surface area contributed by atoms with Crippen LogP contribution in [0.1, 0.15) is 22.7 Å². The van der Waals surface area contributed by atoms with E-state index in [1.54, 1.807) is 18.2 Å². The molecule has 4 heteroatoms. The summed E-state index contributed by atoms with van der Waals surface area (Å²) in [6.07, 6.45) is 0.655. The van der Waals surface area contributed by atoms with E-state index in [1.165, 1.54) is 12.1 Å². The SMILES string of the molecule is Cc1cc(F)ccc1CCNC(C(=O)O)c1ccccc1. The van der Waals surface area contributed by atoms with Crippen LogP contribution in [0.4, 0.5) is 4.39 Å². The zero-order valence-corrected chi connectivity index (χ0v) is 11.8. The number of carboxylic acids is 1. The van der Waals surface area contributed by atoms with Crippen LogP contribution in [0.5, 0.6) is 0 Å². The van der Waals surface area contributed by atoms with Crippen molar-refractivity contribution in [3.8, 4) is 0 Å². The zero-order valence-electron chi connectivity index (χ0n) is 11.8. The number of benzene rings is 2. The lowest BCUT2D eigenvalue weighted by Crippen LogP contribution is -2.30. The standard InChI is InChI=1S/C17H18FNO2/c1-12-11-15(18)8-7-13(12)9-10-19-16(17(20)21)14-5-3-2-4-6-14/h2-8,11,16,19H,9-10H2,1H3,(H,20,21). The molecule has 0 radical (unpaired) electrons. The first-order chi connectivity index (χ1) is 10.1. The first-order valence-corrected chi connectivity index (χ1v) is 6.84. The molecular formula is C17H18FNO2.